The Kier molecular flexibility index (Phi) is 10.7. The molecule has 2 amide bonds. The number of thioether (sulfide) groups is 1. The molecule has 3 aromatic carbocycles. The fraction of sp³-hybridized carbons (Fsp3) is 0.310. The third kappa shape index (κ3) is 9.08. The fourth-order valence-corrected chi connectivity index (χ4v) is 4.81. The Balaban J connectivity index is 1.84. The number of carbonyl (C=O) groups excluding carboxylic acids is 2. The van der Waals surface area contributed by atoms with Gasteiger partial charge in [0.05, 0.1) is 5.75 Å². The van der Waals surface area contributed by atoms with Gasteiger partial charge >= 0.3 is 0 Å². The zero-order chi connectivity index (χ0) is 25.0. The van der Waals surface area contributed by atoms with Gasteiger partial charge in [-0.3, -0.25) is 9.59 Å². The van der Waals surface area contributed by atoms with E-state index < -0.39 is 6.04 Å². The van der Waals surface area contributed by atoms with Crippen LogP contribution in [0.5, 0.6) is 0 Å². The maximum Gasteiger partial charge on any atom is 0.243 e. The van der Waals surface area contributed by atoms with Crippen molar-refractivity contribution in [3.05, 3.63) is 107 Å². The monoisotopic (exact) mass is 508 g/mol. The largest absolute Gasteiger partial charge is 0.354 e. The molecule has 35 heavy (non-hydrogen) atoms. The molecule has 1 unspecified atom stereocenters. The summed E-state index contributed by atoms with van der Waals surface area (Å²) >= 11 is 7.79. The Morgan fingerprint density at radius 3 is 2.14 bits per heavy atom. The minimum absolute atomic E-state index is 0.0634. The molecule has 6 heteroatoms. The Labute approximate surface area is 218 Å². The number of benzene rings is 3. The van der Waals surface area contributed by atoms with Crippen LogP contribution in [0.4, 0.5) is 0 Å². The minimum Gasteiger partial charge on any atom is -0.354 e. The molecule has 3 aromatic rings. The van der Waals surface area contributed by atoms with Crippen molar-refractivity contribution in [2.45, 2.75) is 38.6 Å². The molecule has 0 spiro atoms. The summed E-state index contributed by atoms with van der Waals surface area (Å²) < 4.78 is 0. The first kappa shape index (κ1) is 26.8. The van der Waals surface area contributed by atoms with Crippen LogP contribution in [-0.4, -0.2) is 35.1 Å². The summed E-state index contributed by atoms with van der Waals surface area (Å²) in [5.74, 6) is 1.14. The molecule has 0 saturated heterocycles. The molecule has 0 aliphatic heterocycles. The molecule has 1 atom stereocenters. The normalized spacial score (nSPS) is 11.8. The topological polar surface area (TPSA) is 49.4 Å². The van der Waals surface area contributed by atoms with Crippen LogP contribution in [0.1, 0.15) is 30.5 Å². The molecule has 0 heterocycles. The number of halogens is 1. The quantitative estimate of drug-likeness (QED) is 0.327. The van der Waals surface area contributed by atoms with Gasteiger partial charge in [-0.25, -0.2) is 0 Å². The lowest BCUT2D eigenvalue weighted by atomic mass is 10.0. The van der Waals surface area contributed by atoms with Crippen LogP contribution < -0.4 is 5.32 Å². The van der Waals surface area contributed by atoms with Crippen molar-refractivity contribution in [3.8, 4) is 0 Å². The second kappa shape index (κ2) is 14.0. The highest BCUT2D eigenvalue weighted by atomic mass is 35.5. The van der Waals surface area contributed by atoms with Crippen LogP contribution in [0.3, 0.4) is 0 Å². The zero-order valence-electron chi connectivity index (χ0n) is 20.3. The van der Waals surface area contributed by atoms with Crippen molar-refractivity contribution in [3.63, 3.8) is 0 Å². The predicted molar refractivity (Wildman–Crippen MR) is 146 cm³/mol. The van der Waals surface area contributed by atoms with Gasteiger partial charge in [0.1, 0.15) is 6.04 Å². The highest BCUT2D eigenvalue weighted by Gasteiger charge is 2.30. The maximum absolute atomic E-state index is 13.6. The highest BCUT2D eigenvalue weighted by Crippen LogP contribution is 2.20. The summed E-state index contributed by atoms with van der Waals surface area (Å²) in [4.78, 5) is 28.7. The molecule has 0 bridgehead atoms. The molecule has 184 valence electrons. The van der Waals surface area contributed by atoms with Crippen LogP contribution in [0.2, 0.25) is 5.02 Å². The summed E-state index contributed by atoms with van der Waals surface area (Å²) in [6.45, 7) is 4.99. The summed E-state index contributed by atoms with van der Waals surface area (Å²) in [6, 6.07) is 26.8. The van der Waals surface area contributed by atoms with E-state index in [1.165, 1.54) is 5.56 Å². The lowest BCUT2D eigenvalue weighted by molar-refractivity contribution is -0.139. The van der Waals surface area contributed by atoms with E-state index >= 15 is 0 Å². The number of nitrogens with zero attached hydrogens (tertiary/aromatic N) is 1. The number of nitrogens with one attached hydrogen (secondary N) is 1. The zero-order valence-corrected chi connectivity index (χ0v) is 21.9. The van der Waals surface area contributed by atoms with Gasteiger partial charge in [-0.2, -0.15) is 0 Å². The van der Waals surface area contributed by atoms with E-state index in [0.29, 0.717) is 30.5 Å². The molecular weight excluding hydrogens is 476 g/mol. The molecule has 0 saturated carbocycles. The van der Waals surface area contributed by atoms with Gasteiger partial charge in [-0.15, -0.1) is 11.8 Å². The first-order valence-corrected chi connectivity index (χ1v) is 13.4. The first-order valence-electron chi connectivity index (χ1n) is 11.9. The van der Waals surface area contributed by atoms with Crippen molar-refractivity contribution in [2.75, 3.05) is 12.3 Å². The van der Waals surface area contributed by atoms with Crippen molar-refractivity contribution < 1.29 is 9.59 Å². The van der Waals surface area contributed by atoms with Crippen molar-refractivity contribution in [1.82, 2.24) is 10.2 Å². The SMILES string of the molecule is CC(C)CNC(=O)C(Cc1ccccc1)N(Cc1cccc(Cl)c1)C(=O)CSCc1ccccc1. The van der Waals surface area contributed by atoms with Crippen LogP contribution in [0.25, 0.3) is 0 Å². The van der Waals surface area contributed by atoms with E-state index in [9.17, 15) is 9.59 Å². The summed E-state index contributed by atoms with van der Waals surface area (Å²) in [5.41, 5.74) is 3.08. The molecule has 0 fully saturated rings. The second-order valence-corrected chi connectivity index (χ2v) is 10.4. The third-order valence-electron chi connectivity index (χ3n) is 5.53. The smallest absolute Gasteiger partial charge is 0.243 e. The van der Waals surface area contributed by atoms with Crippen molar-refractivity contribution in [1.29, 1.82) is 0 Å². The molecule has 1 N–H and O–H groups in total. The van der Waals surface area contributed by atoms with Crippen molar-refractivity contribution in [2.24, 2.45) is 5.92 Å². The number of amides is 2. The number of rotatable bonds is 12. The van der Waals surface area contributed by atoms with Gasteiger partial charge in [0.25, 0.3) is 0 Å². The van der Waals surface area contributed by atoms with Crippen LogP contribution in [-0.2, 0) is 28.3 Å². The van der Waals surface area contributed by atoms with E-state index in [2.05, 4.69) is 31.3 Å². The van der Waals surface area contributed by atoms with Gasteiger partial charge in [0.2, 0.25) is 11.8 Å². The predicted octanol–water partition coefficient (Wildman–Crippen LogP) is 5.99. The Hall–Kier alpha value is -2.76. The maximum atomic E-state index is 13.6. The van der Waals surface area contributed by atoms with E-state index in [-0.39, 0.29) is 17.6 Å². The summed E-state index contributed by atoms with van der Waals surface area (Å²) in [5, 5.41) is 3.66. The van der Waals surface area contributed by atoms with E-state index in [0.717, 1.165) is 16.9 Å². The Bertz CT molecular complexity index is 1080. The fourth-order valence-electron chi connectivity index (χ4n) is 3.72. The first-order chi connectivity index (χ1) is 16.9. The van der Waals surface area contributed by atoms with E-state index in [1.54, 1.807) is 16.7 Å². The van der Waals surface area contributed by atoms with Crippen LogP contribution >= 0.6 is 23.4 Å². The molecule has 0 aliphatic carbocycles. The Morgan fingerprint density at radius 2 is 1.51 bits per heavy atom. The highest BCUT2D eigenvalue weighted by molar-refractivity contribution is 7.99. The van der Waals surface area contributed by atoms with E-state index in [4.69, 9.17) is 11.6 Å². The number of carbonyl (C=O) groups is 2. The Morgan fingerprint density at radius 1 is 0.886 bits per heavy atom. The third-order valence-corrected chi connectivity index (χ3v) is 6.76. The lowest BCUT2D eigenvalue weighted by Gasteiger charge is -2.32. The molecular formula is C29H33ClN2O2S. The lowest BCUT2D eigenvalue weighted by Crippen LogP contribution is -2.51. The average molecular weight is 509 g/mol. The van der Waals surface area contributed by atoms with Gasteiger partial charge in [0, 0.05) is 30.3 Å². The van der Waals surface area contributed by atoms with Gasteiger partial charge in [-0.1, -0.05) is 98.2 Å². The van der Waals surface area contributed by atoms with Crippen molar-refractivity contribution >= 4 is 35.2 Å². The second-order valence-electron chi connectivity index (χ2n) is 8.97. The number of hydrogen-bond donors (Lipinski definition) is 1. The van der Waals surface area contributed by atoms with Crippen LogP contribution in [0.15, 0.2) is 84.9 Å². The standard InChI is InChI=1S/C29H33ClN2O2S/c1-22(2)18-31-29(34)27(17-23-10-5-3-6-11-23)32(19-25-14-9-15-26(30)16-25)28(33)21-35-20-24-12-7-4-8-13-24/h3-16,22,27H,17-21H2,1-2H3,(H,31,34). The molecule has 3 rings (SSSR count). The summed E-state index contributed by atoms with van der Waals surface area (Å²) in [6.07, 6.45) is 0.445. The molecule has 4 nitrogen and oxygen atoms in total. The van der Waals surface area contributed by atoms with Gasteiger partial charge < -0.3 is 10.2 Å². The molecule has 0 radical (unpaired) electrons. The van der Waals surface area contributed by atoms with E-state index in [1.807, 2.05) is 72.8 Å². The molecule has 0 aliphatic rings. The average Bonchev–Trinajstić information content (AvgIpc) is 2.86. The van der Waals surface area contributed by atoms with Gasteiger partial charge in [-0.05, 0) is 34.7 Å². The van der Waals surface area contributed by atoms with Crippen LogP contribution in [0, 0.1) is 5.92 Å². The minimum atomic E-state index is -0.625. The number of hydrogen-bond acceptors (Lipinski definition) is 3. The summed E-state index contributed by atoms with van der Waals surface area (Å²) in [7, 11) is 0. The molecule has 0 aromatic heterocycles. The van der Waals surface area contributed by atoms with Gasteiger partial charge in [0.15, 0.2) is 0 Å².